The third-order valence-corrected chi connectivity index (χ3v) is 3.44. The van der Waals surface area contributed by atoms with Crippen molar-refractivity contribution in [1.82, 2.24) is 5.32 Å². The second-order valence-corrected chi connectivity index (χ2v) is 5.66. The van der Waals surface area contributed by atoms with Gasteiger partial charge in [-0.05, 0) is 43.9 Å². The summed E-state index contributed by atoms with van der Waals surface area (Å²) in [5.41, 5.74) is 5.80. The van der Waals surface area contributed by atoms with Crippen LogP contribution in [0, 0.1) is 11.8 Å². The van der Waals surface area contributed by atoms with Crippen LogP contribution in [-0.4, -0.2) is 29.7 Å². The van der Waals surface area contributed by atoms with E-state index in [-0.39, 0.29) is 18.1 Å². The highest BCUT2D eigenvalue weighted by Crippen LogP contribution is 2.23. The molecule has 1 amide bonds. The maximum Gasteiger partial charge on any atom is 0.236 e. The molecule has 4 nitrogen and oxygen atoms in total. The fourth-order valence-corrected chi connectivity index (χ4v) is 2.34. The first-order valence-electron chi connectivity index (χ1n) is 6.70. The molecule has 0 aromatic heterocycles. The Bertz CT molecular complexity index is 236. The van der Waals surface area contributed by atoms with Crippen molar-refractivity contribution in [3.05, 3.63) is 0 Å². The fourth-order valence-electron chi connectivity index (χ4n) is 2.34. The van der Waals surface area contributed by atoms with Gasteiger partial charge in [-0.3, -0.25) is 4.79 Å². The first-order valence-corrected chi connectivity index (χ1v) is 6.70. The van der Waals surface area contributed by atoms with Crippen molar-refractivity contribution in [1.29, 1.82) is 0 Å². The van der Waals surface area contributed by atoms with Crippen LogP contribution in [0.1, 0.15) is 46.0 Å². The van der Waals surface area contributed by atoms with E-state index in [1.807, 2.05) is 0 Å². The zero-order valence-corrected chi connectivity index (χ0v) is 11.0. The van der Waals surface area contributed by atoms with Gasteiger partial charge in [-0.1, -0.05) is 13.8 Å². The van der Waals surface area contributed by atoms with E-state index in [9.17, 15) is 9.90 Å². The summed E-state index contributed by atoms with van der Waals surface area (Å²) in [4.78, 5) is 11.7. The molecule has 17 heavy (non-hydrogen) atoms. The number of nitrogens with two attached hydrogens (primary N) is 1. The monoisotopic (exact) mass is 242 g/mol. The number of carbonyl (C=O) groups excluding carboxylic acids is 1. The molecule has 4 heteroatoms. The first-order chi connectivity index (χ1) is 7.99. The van der Waals surface area contributed by atoms with Gasteiger partial charge in [-0.15, -0.1) is 0 Å². The highest BCUT2D eigenvalue weighted by Gasteiger charge is 2.21. The molecule has 0 unspecified atom stereocenters. The van der Waals surface area contributed by atoms with Crippen LogP contribution in [0.4, 0.5) is 0 Å². The molecular weight excluding hydrogens is 216 g/mol. The number of aliphatic hydroxyl groups is 1. The van der Waals surface area contributed by atoms with E-state index in [1.165, 1.54) is 0 Å². The Labute approximate surface area is 104 Å². The van der Waals surface area contributed by atoms with Gasteiger partial charge in [0.25, 0.3) is 0 Å². The highest BCUT2D eigenvalue weighted by molar-refractivity contribution is 5.81. The maximum absolute atomic E-state index is 11.7. The summed E-state index contributed by atoms with van der Waals surface area (Å²) in [5.74, 6) is 0.916. The number of rotatable bonds is 5. The normalized spacial score (nSPS) is 26.9. The van der Waals surface area contributed by atoms with Gasteiger partial charge in [0.05, 0.1) is 12.1 Å². The zero-order valence-electron chi connectivity index (χ0n) is 11.0. The van der Waals surface area contributed by atoms with Crippen LogP contribution in [-0.2, 0) is 4.79 Å². The largest absolute Gasteiger partial charge is 0.393 e. The van der Waals surface area contributed by atoms with E-state index >= 15 is 0 Å². The quantitative estimate of drug-likeness (QED) is 0.674. The lowest BCUT2D eigenvalue weighted by atomic mass is 9.87. The van der Waals surface area contributed by atoms with E-state index in [1.54, 1.807) is 0 Å². The van der Waals surface area contributed by atoms with Crippen LogP contribution in [0.25, 0.3) is 0 Å². The molecule has 1 fully saturated rings. The van der Waals surface area contributed by atoms with Crippen molar-refractivity contribution in [3.8, 4) is 0 Å². The maximum atomic E-state index is 11.7. The van der Waals surface area contributed by atoms with Crippen LogP contribution in [0.2, 0.25) is 0 Å². The molecule has 0 saturated heterocycles. The molecule has 0 heterocycles. The van der Waals surface area contributed by atoms with Crippen molar-refractivity contribution >= 4 is 5.91 Å². The topological polar surface area (TPSA) is 75.4 Å². The summed E-state index contributed by atoms with van der Waals surface area (Å²) in [6.07, 6.45) is 4.32. The van der Waals surface area contributed by atoms with Gasteiger partial charge >= 0.3 is 0 Å². The minimum absolute atomic E-state index is 0.0372. The molecule has 1 atom stereocenters. The van der Waals surface area contributed by atoms with Crippen molar-refractivity contribution < 1.29 is 9.90 Å². The summed E-state index contributed by atoms with van der Waals surface area (Å²) < 4.78 is 0. The zero-order chi connectivity index (χ0) is 12.8. The summed E-state index contributed by atoms with van der Waals surface area (Å²) in [5, 5.41) is 12.3. The average molecular weight is 242 g/mol. The highest BCUT2D eigenvalue weighted by atomic mass is 16.3. The van der Waals surface area contributed by atoms with E-state index in [0.717, 1.165) is 32.1 Å². The Kier molecular flexibility index (Phi) is 5.92. The molecule has 1 saturated carbocycles. The number of nitrogens with one attached hydrogen (secondary N) is 1. The van der Waals surface area contributed by atoms with Crippen molar-refractivity contribution in [2.45, 2.75) is 58.1 Å². The van der Waals surface area contributed by atoms with Crippen molar-refractivity contribution in [2.75, 3.05) is 6.54 Å². The van der Waals surface area contributed by atoms with Crippen molar-refractivity contribution in [3.63, 3.8) is 0 Å². The molecule has 0 aromatic carbocycles. The van der Waals surface area contributed by atoms with Crippen LogP contribution >= 0.6 is 0 Å². The fraction of sp³-hybridized carbons (Fsp3) is 0.923. The third-order valence-electron chi connectivity index (χ3n) is 3.44. The standard InChI is InChI=1S/C13H26N2O2/c1-9(2)7-12(14)13(17)15-8-10-3-5-11(16)6-4-10/h9-12,16H,3-8,14H2,1-2H3,(H,15,17)/t10?,11?,12-/m0/s1. The molecule has 1 aliphatic rings. The Hall–Kier alpha value is -0.610. The molecule has 100 valence electrons. The number of aliphatic hydroxyl groups excluding tert-OH is 1. The molecule has 1 aliphatic carbocycles. The van der Waals surface area contributed by atoms with Gasteiger partial charge in [0.1, 0.15) is 0 Å². The number of hydrogen-bond acceptors (Lipinski definition) is 3. The Morgan fingerprint density at radius 1 is 1.35 bits per heavy atom. The SMILES string of the molecule is CC(C)C[C@H](N)C(=O)NCC1CCC(O)CC1. The Morgan fingerprint density at radius 2 is 1.94 bits per heavy atom. The summed E-state index contributed by atoms with van der Waals surface area (Å²) >= 11 is 0. The summed E-state index contributed by atoms with van der Waals surface area (Å²) in [6, 6.07) is -0.385. The van der Waals surface area contributed by atoms with Gasteiger partial charge < -0.3 is 16.2 Å². The summed E-state index contributed by atoms with van der Waals surface area (Å²) in [7, 11) is 0. The Balaban J connectivity index is 2.19. The summed E-state index contributed by atoms with van der Waals surface area (Å²) in [6.45, 7) is 4.84. The third kappa shape index (κ3) is 5.50. The predicted molar refractivity (Wildman–Crippen MR) is 68.4 cm³/mol. The van der Waals surface area contributed by atoms with E-state index in [0.29, 0.717) is 18.4 Å². The minimum atomic E-state index is -0.385. The predicted octanol–water partition coefficient (Wildman–Crippen LogP) is 1.03. The van der Waals surface area contributed by atoms with Crippen LogP contribution < -0.4 is 11.1 Å². The lowest BCUT2D eigenvalue weighted by molar-refractivity contribution is -0.122. The van der Waals surface area contributed by atoms with Gasteiger partial charge in [-0.2, -0.15) is 0 Å². The van der Waals surface area contributed by atoms with Gasteiger partial charge in [0, 0.05) is 6.54 Å². The molecule has 0 bridgehead atoms. The van der Waals surface area contributed by atoms with E-state index in [2.05, 4.69) is 19.2 Å². The average Bonchev–Trinajstić information content (AvgIpc) is 2.27. The van der Waals surface area contributed by atoms with Gasteiger partial charge in [0.15, 0.2) is 0 Å². The molecule has 1 rings (SSSR count). The van der Waals surface area contributed by atoms with E-state index < -0.39 is 0 Å². The lowest BCUT2D eigenvalue weighted by Crippen LogP contribution is -2.43. The molecule has 0 aromatic rings. The molecule has 0 radical (unpaired) electrons. The van der Waals surface area contributed by atoms with Crippen LogP contribution in [0.3, 0.4) is 0 Å². The van der Waals surface area contributed by atoms with Gasteiger partial charge in [0.2, 0.25) is 5.91 Å². The smallest absolute Gasteiger partial charge is 0.236 e. The number of carbonyl (C=O) groups is 1. The minimum Gasteiger partial charge on any atom is -0.393 e. The van der Waals surface area contributed by atoms with E-state index in [4.69, 9.17) is 5.73 Å². The molecular formula is C13H26N2O2. The van der Waals surface area contributed by atoms with Crippen molar-refractivity contribution in [2.24, 2.45) is 17.6 Å². The second kappa shape index (κ2) is 6.97. The lowest BCUT2D eigenvalue weighted by Gasteiger charge is -2.26. The van der Waals surface area contributed by atoms with Gasteiger partial charge in [-0.25, -0.2) is 0 Å². The number of hydrogen-bond donors (Lipinski definition) is 3. The molecule has 0 spiro atoms. The van der Waals surface area contributed by atoms with Crippen LogP contribution in [0.15, 0.2) is 0 Å². The second-order valence-electron chi connectivity index (χ2n) is 5.66. The molecule has 0 aliphatic heterocycles. The first kappa shape index (κ1) is 14.5. The Morgan fingerprint density at radius 3 is 2.47 bits per heavy atom. The van der Waals surface area contributed by atoms with Crippen LogP contribution in [0.5, 0.6) is 0 Å². The number of amides is 1. The molecule has 4 N–H and O–H groups in total.